The quantitative estimate of drug-likeness (QED) is 0.764. The van der Waals surface area contributed by atoms with Crippen molar-refractivity contribution in [2.24, 2.45) is 5.92 Å². The second kappa shape index (κ2) is 6.06. The summed E-state index contributed by atoms with van der Waals surface area (Å²) >= 11 is 0. The van der Waals surface area contributed by atoms with Crippen molar-refractivity contribution < 1.29 is 13.2 Å². The summed E-state index contributed by atoms with van der Waals surface area (Å²) < 4.78 is 27.7. The van der Waals surface area contributed by atoms with E-state index in [-0.39, 0.29) is 4.90 Å². The lowest BCUT2D eigenvalue weighted by Gasteiger charge is -2.14. The predicted octanol–water partition coefficient (Wildman–Crippen LogP) is 1.37. The maximum atomic E-state index is 11.4. The summed E-state index contributed by atoms with van der Waals surface area (Å²) in [4.78, 5) is 0.232. The van der Waals surface area contributed by atoms with Crippen molar-refractivity contribution >= 4 is 21.2 Å². The number of nitrogens with one attached hydrogen (secondary N) is 1. The zero-order valence-electron chi connectivity index (χ0n) is 10.9. The fraction of sp³-hybridized carbons (Fsp3) is 0.500. The highest BCUT2D eigenvalue weighted by molar-refractivity contribution is 7.90. The number of hydrogen-bond acceptors (Lipinski definition) is 5. The van der Waals surface area contributed by atoms with E-state index >= 15 is 0 Å². The number of anilines is 2. The Morgan fingerprint density at radius 1 is 1.44 bits per heavy atom. The Morgan fingerprint density at radius 2 is 2.11 bits per heavy atom. The van der Waals surface area contributed by atoms with Gasteiger partial charge in [0.2, 0.25) is 0 Å². The van der Waals surface area contributed by atoms with Crippen LogP contribution in [0.1, 0.15) is 6.92 Å². The van der Waals surface area contributed by atoms with Crippen LogP contribution in [0.5, 0.6) is 0 Å². The minimum Gasteiger partial charge on any atom is -0.397 e. The fourth-order valence-electron chi connectivity index (χ4n) is 1.56. The van der Waals surface area contributed by atoms with Gasteiger partial charge in [0.1, 0.15) is 0 Å². The van der Waals surface area contributed by atoms with Crippen LogP contribution in [0.3, 0.4) is 0 Å². The fourth-order valence-corrected chi connectivity index (χ4v) is 2.22. The van der Waals surface area contributed by atoms with Gasteiger partial charge in [-0.15, -0.1) is 0 Å². The van der Waals surface area contributed by atoms with Gasteiger partial charge < -0.3 is 15.8 Å². The number of hydrogen-bond donors (Lipinski definition) is 2. The van der Waals surface area contributed by atoms with Gasteiger partial charge in [-0.3, -0.25) is 0 Å². The van der Waals surface area contributed by atoms with Gasteiger partial charge in [-0.1, -0.05) is 6.92 Å². The molecule has 0 bridgehead atoms. The number of rotatable bonds is 6. The molecule has 6 heteroatoms. The molecular weight excluding hydrogens is 252 g/mol. The molecule has 0 saturated heterocycles. The highest BCUT2D eigenvalue weighted by atomic mass is 32.2. The van der Waals surface area contributed by atoms with E-state index in [1.165, 1.54) is 6.07 Å². The maximum Gasteiger partial charge on any atom is 0.175 e. The molecule has 1 aromatic rings. The van der Waals surface area contributed by atoms with E-state index in [0.717, 1.165) is 18.5 Å². The summed E-state index contributed by atoms with van der Waals surface area (Å²) in [6.07, 6.45) is 1.16. The average Bonchev–Trinajstić information content (AvgIpc) is 2.26. The molecule has 1 atom stereocenters. The van der Waals surface area contributed by atoms with Crippen LogP contribution in [0.2, 0.25) is 0 Å². The number of benzene rings is 1. The Bertz CT molecular complexity index is 500. The van der Waals surface area contributed by atoms with Crippen LogP contribution >= 0.6 is 0 Å². The van der Waals surface area contributed by atoms with Gasteiger partial charge in [0, 0.05) is 19.9 Å². The van der Waals surface area contributed by atoms with E-state index in [4.69, 9.17) is 10.5 Å². The Kier molecular flexibility index (Phi) is 4.98. The molecule has 0 fully saturated rings. The van der Waals surface area contributed by atoms with Crippen LogP contribution < -0.4 is 11.1 Å². The standard InChI is InChI=1S/C12H20N2O3S/c1-9(8-17-2)7-14-12-5-4-10(6-11(12)13)18(3,15)16/h4-6,9,14H,7-8,13H2,1-3H3. The lowest BCUT2D eigenvalue weighted by Crippen LogP contribution is -2.16. The topological polar surface area (TPSA) is 81.4 Å². The third kappa shape index (κ3) is 4.19. The SMILES string of the molecule is COCC(C)CNc1ccc(S(C)(=O)=O)cc1N. The predicted molar refractivity (Wildman–Crippen MR) is 73.5 cm³/mol. The Labute approximate surface area is 108 Å². The molecule has 0 spiro atoms. The minimum absolute atomic E-state index is 0.232. The summed E-state index contributed by atoms with van der Waals surface area (Å²) in [5.41, 5.74) is 6.99. The first-order valence-electron chi connectivity index (χ1n) is 5.67. The third-order valence-electron chi connectivity index (χ3n) is 2.54. The summed E-state index contributed by atoms with van der Waals surface area (Å²) in [6.45, 7) is 3.43. The molecule has 0 heterocycles. The van der Waals surface area contributed by atoms with Gasteiger partial charge >= 0.3 is 0 Å². The molecule has 1 aromatic carbocycles. The molecule has 3 N–H and O–H groups in total. The number of methoxy groups -OCH3 is 1. The van der Waals surface area contributed by atoms with E-state index in [1.807, 2.05) is 0 Å². The molecule has 0 amide bonds. The highest BCUT2D eigenvalue weighted by Gasteiger charge is 2.10. The first-order valence-corrected chi connectivity index (χ1v) is 7.56. The van der Waals surface area contributed by atoms with E-state index in [1.54, 1.807) is 19.2 Å². The van der Waals surface area contributed by atoms with Gasteiger partial charge in [0.25, 0.3) is 0 Å². The van der Waals surface area contributed by atoms with Crippen LogP contribution in [0.4, 0.5) is 11.4 Å². The number of nitrogen functional groups attached to an aromatic ring is 1. The van der Waals surface area contributed by atoms with Crippen molar-refractivity contribution in [3.05, 3.63) is 18.2 Å². The van der Waals surface area contributed by atoms with Crippen molar-refractivity contribution in [3.8, 4) is 0 Å². The van der Waals surface area contributed by atoms with Crippen molar-refractivity contribution in [2.45, 2.75) is 11.8 Å². The highest BCUT2D eigenvalue weighted by Crippen LogP contribution is 2.22. The Balaban J connectivity index is 2.75. The lowest BCUT2D eigenvalue weighted by atomic mass is 10.2. The summed E-state index contributed by atoms with van der Waals surface area (Å²) in [5, 5.41) is 3.18. The van der Waals surface area contributed by atoms with E-state index in [9.17, 15) is 8.42 Å². The monoisotopic (exact) mass is 272 g/mol. The third-order valence-corrected chi connectivity index (χ3v) is 3.65. The average molecular weight is 272 g/mol. The molecule has 0 radical (unpaired) electrons. The largest absolute Gasteiger partial charge is 0.397 e. The van der Waals surface area contributed by atoms with Crippen molar-refractivity contribution in [3.63, 3.8) is 0 Å². The molecule has 102 valence electrons. The normalized spacial score (nSPS) is 13.3. The minimum atomic E-state index is -3.21. The van der Waals surface area contributed by atoms with E-state index in [0.29, 0.717) is 18.2 Å². The second-order valence-corrected chi connectivity index (χ2v) is 6.48. The van der Waals surface area contributed by atoms with Crippen LogP contribution in [0.25, 0.3) is 0 Å². The summed E-state index contributed by atoms with van der Waals surface area (Å²) in [7, 11) is -1.55. The molecular formula is C12H20N2O3S. The van der Waals surface area contributed by atoms with Gasteiger partial charge in [0.15, 0.2) is 9.84 Å². The van der Waals surface area contributed by atoms with Crippen LogP contribution in [-0.4, -0.2) is 34.9 Å². The number of ether oxygens (including phenoxy) is 1. The molecule has 0 aromatic heterocycles. The van der Waals surface area contributed by atoms with Gasteiger partial charge in [-0.25, -0.2) is 8.42 Å². The van der Waals surface area contributed by atoms with Crippen LogP contribution in [0.15, 0.2) is 23.1 Å². The molecule has 5 nitrogen and oxygen atoms in total. The van der Waals surface area contributed by atoms with Gasteiger partial charge in [-0.2, -0.15) is 0 Å². The first-order chi connectivity index (χ1) is 8.34. The van der Waals surface area contributed by atoms with Crippen molar-refractivity contribution in [2.75, 3.05) is 37.6 Å². The molecule has 0 saturated carbocycles. The molecule has 18 heavy (non-hydrogen) atoms. The summed E-state index contributed by atoms with van der Waals surface area (Å²) in [5.74, 6) is 0.351. The smallest absolute Gasteiger partial charge is 0.175 e. The van der Waals surface area contributed by atoms with Gasteiger partial charge in [0.05, 0.1) is 22.9 Å². The second-order valence-electron chi connectivity index (χ2n) is 4.46. The maximum absolute atomic E-state index is 11.4. The van der Waals surface area contributed by atoms with Crippen LogP contribution in [0, 0.1) is 5.92 Å². The molecule has 0 aliphatic carbocycles. The lowest BCUT2D eigenvalue weighted by molar-refractivity contribution is 0.164. The van der Waals surface area contributed by atoms with E-state index in [2.05, 4.69) is 12.2 Å². The Hall–Kier alpha value is -1.27. The molecule has 1 rings (SSSR count). The zero-order chi connectivity index (χ0) is 13.8. The van der Waals surface area contributed by atoms with Crippen LogP contribution in [-0.2, 0) is 14.6 Å². The number of nitrogens with two attached hydrogens (primary N) is 1. The first kappa shape index (κ1) is 14.8. The summed E-state index contributed by atoms with van der Waals surface area (Å²) in [6, 6.07) is 4.71. The molecule has 0 aliphatic heterocycles. The molecule has 1 unspecified atom stereocenters. The van der Waals surface area contributed by atoms with E-state index < -0.39 is 9.84 Å². The van der Waals surface area contributed by atoms with Crippen molar-refractivity contribution in [1.29, 1.82) is 0 Å². The number of sulfone groups is 1. The Morgan fingerprint density at radius 3 is 2.61 bits per heavy atom. The molecule has 0 aliphatic rings. The van der Waals surface area contributed by atoms with Crippen molar-refractivity contribution in [1.82, 2.24) is 0 Å². The van der Waals surface area contributed by atoms with Gasteiger partial charge in [-0.05, 0) is 24.1 Å². The zero-order valence-corrected chi connectivity index (χ0v) is 11.8.